The van der Waals surface area contributed by atoms with Crippen LogP contribution in [0.1, 0.15) is 0 Å². The standard InChI is InChI=1S/C4H2NO2/c6-3-1-2-5-4(3)7/h1H,(H,5,6,7). The van der Waals surface area contributed by atoms with Crippen LogP contribution in [0.15, 0.2) is 6.08 Å². The molecule has 1 aliphatic heterocycles. The summed E-state index contributed by atoms with van der Waals surface area (Å²) >= 11 is 0. The van der Waals surface area contributed by atoms with Crippen molar-refractivity contribution in [2.24, 2.45) is 0 Å². The average molecular weight is 96.1 g/mol. The first-order valence-corrected chi connectivity index (χ1v) is 1.74. The lowest BCUT2D eigenvalue weighted by atomic mass is 10.4. The first-order valence-electron chi connectivity index (χ1n) is 1.74. The van der Waals surface area contributed by atoms with Crippen LogP contribution in [0.2, 0.25) is 0 Å². The minimum absolute atomic E-state index is 0.528. The molecule has 0 unspecified atom stereocenters. The van der Waals surface area contributed by atoms with Crippen LogP contribution in [0.3, 0.4) is 0 Å². The lowest BCUT2D eigenvalue weighted by molar-refractivity contribution is -0.133. The summed E-state index contributed by atoms with van der Waals surface area (Å²) in [5.74, 6) is -1.12. The molecule has 1 N–H and O–H groups in total. The third-order valence-electron chi connectivity index (χ3n) is 0.613. The maximum Gasteiger partial charge on any atom is 0.296 e. The molecule has 0 saturated carbocycles. The second kappa shape index (κ2) is 1.18. The Morgan fingerprint density at radius 1 is 1.57 bits per heavy atom. The number of hydrogen-bond acceptors (Lipinski definition) is 2. The van der Waals surface area contributed by atoms with Gasteiger partial charge in [-0.15, -0.1) is 0 Å². The fourth-order valence-electron chi connectivity index (χ4n) is 0.294. The predicted octanol–water partition coefficient (Wildman–Crippen LogP) is -0.998. The Labute approximate surface area is 40.0 Å². The maximum atomic E-state index is 10.0. The van der Waals surface area contributed by atoms with E-state index < -0.39 is 11.7 Å². The Morgan fingerprint density at radius 2 is 2.29 bits per heavy atom. The molecule has 3 heteroatoms. The summed E-state index contributed by atoms with van der Waals surface area (Å²) in [6, 6.07) is 0. The smallest absolute Gasteiger partial charge is 0.296 e. The van der Waals surface area contributed by atoms with Gasteiger partial charge in [-0.05, 0) is 0 Å². The molecule has 1 aliphatic rings. The Hall–Kier alpha value is -1.12. The molecular formula is C4H2NO2. The van der Waals surface area contributed by atoms with Crippen LogP contribution in [0.5, 0.6) is 0 Å². The molecule has 35 valence electrons. The number of rotatable bonds is 0. The van der Waals surface area contributed by atoms with Crippen molar-refractivity contribution < 1.29 is 9.59 Å². The molecule has 0 aromatic carbocycles. The van der Waals surface area contributed by atoms with Crippen molar-refractivity contribution in [1.82, 2.24) is 5.32 Å². The number of carbonyl (C=O) groups excluding carboxylic acids is 2. The summed E-state index contributed by atoms with van der Waals surface area (Å²) in [7, 11) is 0. The topological polar surface area (TPSA) is 46.2 Å². The molecule has 0 saturated heterocycles. The summed E-state index contributed by atoms with van der Waals surface area (Å²) in [5, 5.41) is 2.08. The number of amides is 1. The molecule has 3 nitrogen and oxygen atoms in total. The van der Waals surface area contributed by atoms with Gasteiger partial charge in [0.1, 0.15) is 0 Å². The first-order chi connectivity index (χ1) is 3.30. The van der Waals surface area contributed by atoms with Crippen LogP contribution in [0, 0.1) is 6.20 Å². The zero-order valence-corrected chi connectivity index (χ0v) is 3.39. The van der Waals surface area contributed by atoms with E-state index in [0.717, 1.165) is 6.08 Å². The van der Waals surface area contributed by atoms with Crippen molar-refractivity contribution in [2.45, 2.75) is 0 Å². The van der Waals surface area contributed by atoms with E-state index in [2.05, 4.69) is 11.5 Å². The molecule has 0 bridgehead atoms. The largest absolute Gasteiger partial charge is 0.317 e. The van der Waals surface area contributed by atoms with E-state index in [1.54, 1.807) is 0 Å². The molecule has 1 heterocycles. The highest BCUT2D eigenvalue weighted by atomic mass is 16.2. The van der Waals surface area contributed by atoms with Gasteiger partial charge in [0.05, 0.1) is 6.20 Å². The van der Waals surface area contributed by atoms with Gasteiger partial charge in [0.25, 0.3) is 5.91 Å². The van der Waals surface area contributed by atoms with E-state index in [1.165, 1.54) is 0 Å². The Bertz CT molecular complexity index is 148. The van der Waals surface area contributed by atoms with E-state index in [-0.39, 0.29) is 0 Å². The van der Waals surface area contributed by atoms with Crippen molar-refractivity contribution in [3.8, 4) is 0 Å². The normalized spacial score (nSPS) is 17.7. The molecule has 0 fully saturated rings. The van der Waals surface area contributed by atoms with Gasteiger partial charge in [-0.2, -0.15) is 0 Å². The van der Waals surface area contributed by atoms with E-state index in [0.29, 0.717) is 0 Å². The van der Waals surface area contributed by atoms with E-state index >= 15 is 0 Å². The highest BCUT2D eigenvalue weighted by Crippen LogP contribution is 1.81. The molecule has 7 heavy (non-hydrogen) atoms. The number of hydrogen-bond donors (Lipinski definition) is 1. The molecule has 0 atom stereocenters. The SMILES string of the molecule is O=C1C=[C]NC1=O. The molecule has 0 aliphatic carbocycles. The summed E-state index contributed by atoms with van der Waals surface area (Å²) in [6.45, 7) is 0. The molecule has 0 aromatic rings. The third kappa shape index (κ3) is 0.513. The van der Waals surface area contributed by atoms with Crippen LogP contribution in [-0.4, -0.2) is 11.7 Å². The minimum atomic E-state index is -0.597. The highest BCUT2D eigenvalue weighted by Gasteiger charge is 2.12. The Kier molecular flexibility index (Phi) is 0.685. The van der Waals surface area contributed by atoms with Crippen molar-refractivity contribution in [3.63, 3.8) is 0 Å². The summed E-state index contributed by atoms with van der Waals surface area (Å²) in [5.41, 5.74) is 0. The van der Waals surface area contributed by atoms with Gasteiger partial charge in [-0.1, -0.05) is 0 Å². The molecule has 0 spiro atoms. The van der Waals surface area contributed by atoms with Crippen LogP contribution in [0.25, 0.3) is 0 Å². The van der Waals surface area contributed by atoms with E-state index in [9.17, 15) is 9.59 Å². The van der Waals surface area contributed by atoms with Gasteiger partial charge >= 0.3 is 0 Å². The van der Waals surface area contributed by atoms with Gasteiger partial charge in [-0.3, -0.25) is 9.59 Å². The Balaban J connectivity index is 2.81. The van der Waals surface area contributed by atoms with Crippen molar-refractivity contribution in [3.05, 3.63) is 12.3 Å². The van der Waals surface area contributed by atoms with Crippen LogP contribution in [-0.2, 0) is 9.59 Å². The monoisotopic (exact) mass is 96.0 g/mol. The summed E-state index contributed by atoms with van der Waals surface area (Å²) < 4.78 is 0. The van der Waals surface area contributed by atoms with E-state index in [1.807, 2.05) is 0 Å². The molecule has 1 amide bonds. The fraction of sp³-hybridized carbons (Fsp3) is 0. The predicted molar refractivity (Wildman–Crippen MR) is 21.0 cm³/mol. The van der Waals surface area contributed by atoms with Crippen LogP contribution >= 0.6 is 0 Å². The van der Waals surface area contributed by atoms with Gasteiger partial charge in [-0.25, -0.2) is 0 Å². The fourth-order valence-corrected chi connectivity index (χ4v) is 0.294. The number of nitrogens with one attached hydrogen (secondary N) is 1. The quantitative estimate of drug-likeness (QED) is 0.393. The molecular weight excluding hydrogens is 94.0 g/mol. The second-order valence-electron chi connectivity index (χ2n) is 1.11. The number of carbonyl (C=O) groups is 2. The average Bonchev–Trinajstić information content (AvgIpc) is 1.91. The highest BCUT2D eigenvalue weighted by molar-refractivity contribution is 6.42. The van der Waals surface area contributed by atoms with Crippen molar-refractivity contribution in [1.29, 1.82) is 0 Å². The lowest BCUT2D eigenvalue weighted by Gasteiger charge is -1.77. The zero-order valence-electron chi connectivity index (χ0n) is 3.39. The van der Waals surface area contributed by atoms with Gasteiger partial charge in [0.15, 0.2) is 0 Å². The molecule has 1 radical (unpaired) electrons. The molecule has 0 aromatic heterocycles. The molecule has 1 rings (SSSR count). The van der Waals surface area contributed by atoms with Crippen molar-refractivity contribution in [2.75, 3.05) is 0 Å². The third-order valence-corrected chi connectivity index (χ3v) is 0.613. The van der Waals surface area contributed by atoms with Crippen LogP contribution in [0.4, 0.5) is 0 Å². The lowest BCUT2D eigenvalue weighted by Crippen LogP contribution is -2.17. The van der Waals surface area contributed by atoms with Gasteiger partial charge in [0, 0.05) is 6.08 Å². The van der Waals surface area contributed by atoms with Gasteiger partial charge in [0.2, 0.25) is 5.78 Å². The zero-order chi connectivity index (χ0) is 5.28. The van der Waals surface area contributed by atoms with Crippen LogP contribution < -0.4 is 5.32 Å². The summed E-state index contributed by atoms with van der Waals surface area (Å²) in [4.78, 5) is 20.1. The number of ketones is 1. The maximum absolute atomic E-state index is 10.0. The minimum Gasteiger partial charge on any atom is -0.317 e. The Morgan fingerprint density at radius 3 is 2.43 bits per heavy atom. The van der Waals surface area contributed by atoms with E-state index in [4.69, 9.17) is 0 Å². The first kappa shape index (κ1) is 4.05. The summed E-state index contributed by atoms with van der Waals surface area (Å²) in [6.07, 6.45) is 3.32. The second-order valence-corrected chi connectivity index (χ2v) is 1.11. The van der Waals surface area contributed by atoms with Crippen molar-refractivity contribution >= 4 is 11.7 Å². The van der Waals surface area contributed by atoms with Gasteiger partial charge < -0.3 is 5.32 Å².